The third-order valence-electron chi connectivity index (χ3n) is 4.43. The number of hydrogen-bond donors (Lipinski definition) is 3. The van der Waals surface area contributed by atoms with E-state index in [2.05, 4.69) is 29.4 Å². The second-order valence-electron chi connectivity index (χ2n) is 5.97. The summed E-state index contributed by atoms with van der Waals surface area (Å²) in [7, 11) is 1.62. The van der Waals surface area contributed by atoms with Crippen molar-refractivity contribution in [2.45, 2.75) is 20.4 Å². The topological polar surface area (TPSA) is 75.6 Å². The Balaban J connectivity index is 2.24. The highest BCUT2D eigenvalue weighted by atomic mass is 32.1. The number of methoxy groups -OCH3 is 1. The second kappa shape index (κ2) is 10.2. The van der Waals surface area contributed by atoms with Gasteiger partial charge in [-0.05, 0) is 32.1 Å². The molecule has 2 rings (SSSR count). The summed E-state index contributed by atoms with van der Waals surface area (Å²) in [5.41, 5.74) is 1.40. The molecule has 0 unspecified atom stereocenters. The van der Waals surface area contributed by atoms with Gasteiger partial charge in [-0.15, -0.1) is 10.2 Å². The summed E-state index contributed by atoms with van der Waals surface area (Å²) in [6.07, 6.45) is 0. The van der Waals surface area contributed by atoms with Gasteiger partial charge in [0.15, 0.2) is 5.69 Å². The first-order valence-electron chi connectivity index (χ1n) is 8.94. The van der Waals surface area contributed by atoms with Crippen LogP contribution in [-0.4, -0.2) is 54.7 Å². The van der Waals surface area contributed by atoms with Crippen LogP contribution in [0.1, 0.15) is 13.8 Å². The van der Waals surface area contributed by atoms with Crippen LogP contribution in [0.25, 0.3) is 10.9 Å². The van der Waals surface area contributed by atoms with E-state index in [9.17, 15) is 5.11 Å². The molecule has 0 fully saturated rings. The van der Waals surface area contributed by atoms with Crippen molar-refractivity contribution in [3.8, 4) is 5.88 Å². The van der Waals surface area contributed by atoms with E-state index in [1.807, 2.05) is 28.8 Å². The number of azo groups is 1. The fraction of sp³-hybridized carbons (Fsp3) is 0.500. The molecule has 0 saturated carbocycles. The first kappa shape index (κ1) is 20.3. The molecule has 0 bridgehead atoms. The predicted octanol–water partition coefficient (Wildman–Crippen LogP) is 1.88. The highest BCUT2D eigenvalue weighted by molar-refractivity contribution is 7.80. The van der Waals surface area contributed by atoms with Gasteiger partial charge >= 0.3 is 0 Å². The van der Waals surface area contributed by atoms with Crippen molar-refractivity contribution in [1.82, 2.24) is 9.88 Å². The van der Waals surface area contributed by atoms with E-state index < -0.39 is 0 Å². The van der Waals surface area contributed by atoms with Crippen LogP contribution in [0.4, 0.5) is 5.69 Å². The molecule has 0 aliphatic rings. The van der Waals surface area contributed by atoms with Crippen molar-refractivity contribution in [3.05, 3.63) is 24.3 Å². The molecular formula is C18H28N5O2S+. The monoisotopic (exact) mass is 378 g/mol. The lowest BCUT2D eigenvalue weighted by molar-refractivity contribution is -0.897. The number of likely N-dealkylation sites (N-methyl/N-ethyl adjacent to an activating group) is 1. The summed E-state index contributed by atoms with van der Waals surface area (Å²) in [4.78, 5) is 1.48. The van der Waals surface area contributed by atoms with Crippen molar-refractivity contribution in [1.29, 1.82) is 0 Å². The van der Waals surface area contributed by atoms with Gasteiger partial charge in [0.1, 0.15) is 0 Å². The number of benzene rings is 1. The zero-order chi connectivity index (χ0) is 18.9. The largest absolute Gasteiger partial charge is 0.493 e. The summed E-state index contributed by atoms with van der Waals surface area (Å²) in [6, 6.07) is 7.81. The third kappa shape index (κ3) is 5.00. The second-order valence-corrected chi connectivity index (χ2v) is 6.36. The third-order valence-corrected chi connectivity index (χ3v) is 4.66. The smallest absolute Gasteiger partial charge is 0.220 e. The molecule has 0 amide bonds. The Bertz CT molecular complexity index is 755. The predicted molar refractivity (Wildman–Crippen MR) is 108 cm³/mol. The Morgan fingerprint density at radius 2 is 2.04 bits per heavy atom. The number of quaternary nitrogens is 1. The fourth-order valence-electron chi connectivity index (χ4n) is 2.86. The lowest BCUT2D eigenvalue weighted by atomic mass is 10.2. The average molecular weight is 379 g/mol. The normalized spacial score (nSPS) is 11.7. The molecule has 2 aromatic rings. The lowest BCUT2D eigenvalue weighted by Gasteiger charge is -2.16. The standard InChI is InChI=1S/C18H27N5O2S/c1-4-22(5-2)11-12-23-15-9-7-6-8-14(15)16(17(23)24)20-21-18(26)19-10-13-25-3/h6-9,24H,4-5,10-13H2,1-3H3,(H,19,26)/p+1. The maximum atomic E-state index is 10.7. The summed E-state index contributed by atoms with van der Waals surface area (Å²) in [6.45, 7) is 9.22. The minimum Gasteiger partial charge on any atom is -0.493 e. The van der Waals surface area contributed by atoms with Gasteiger partial charge in [-0.2, -0.15) is 0 Å². The maximum absolute atomic E-state index is 10.7. The van der Waals surface area contributed by atoms with Crippen LogP contribution in [0.3, 0.4) is 0 Å². The fourth-order valence-corrected chi connectivity index (χ4v) is 3.00. The van der Waals surface area contributed by atoms with Crippen LogP contribution in [-0.2, 0) is 11.3 Å². The Kier molecular flexibility index (Phi) is 7.96. The zero-order valence-corrected chi connectivity index (χ0v) is 16.5. The van der Waals surface area contributed by atoms with E-state index >= 15 is 0 Å². The Morgan fingerprint density at radius 1 is 1.31 bits per heavy atom. The Morgan fingerprint density at radius 3 is 2.73 bits per heavy atom. The maximum Gasteiger partial charge on any atom is 0.220 e. The van der Waals surface area contributed by atoms with Crippen molar-refractivity contribution in [2.24, 2.45) is 10.2 Å². The number of ether oxygens (including phenoxy) is 1. The molecule has 1 aromatic heterocycles. The number of fused-ring (bicyclic) bond motifs is 1. The van der Waals surface area contributed by atoms with Crippen LogP contribution >= 0.6 is 12.2 Å². The first-order valence-corrected chi connectivity index (χ1v) is 9.35. The van der Waals surface area contributed by atoms with Crippen molar-refractivity contribution >= 4 is 33.9 Å². The average Bonchev–Trinajstić information content (AvgIpc) is 2.92. The van der Waals surface area contributed by atoms with E-state index in [4.69, 9.17) is 17.0 Å². The number of aromatic hydroxyl groups is 1. The highest BCUT2D eigenvalue weighted by Crippen LogP contribution is 2.38. The molecule has 0 radical (unpaired) electrons. The minimum atomic E-state index is 0.126. The molecule has 0 aliphatic carbocycles. The molecule has 1 aromatic carbocycles. The summed E-state index contributed by atoms with van der Waals surface area (Å²) in [5, 5.41) is 23.0. The molecule has 142 valence electrons. The van der Waals surface area contributed by atoms with Crippen LogP contribution < -0.4 is 10.2 Å². The van der Waals surface area contributed by atoms with Gasteiger partial charge in [0.25, 0.3) is 0 Å². The molecule has 26 heavy (non-hydrogen) atoms. The molecule has 7 nitrogen and oxygen atoms in total. The highest BCUT2D eigenvalue weighted by Gasteiger charge is 2.17. The lowest BCUT2D eigenvalue weighted by Crippen LogP contribution is -3.11. The van der Waals surface area contributed by atoms with E-state index in [0.717, 1.165) is 37.1 Å². The van der Waals surface area contributed by atoms with E-state index in [-0.39, 0.29) is 11.0 Å². The van der Waals surface area contributed by atoms with Gasteiger partial charge in [-0.25, -0.2) is 0 Å². The van der Waals surface area contributed by atoms with Gasteiger partial charge in [-0.3, -0.25) is 0 Å². The van der Waals surface area contributed by atoms with Crippen molar-refractivity contribution in [2.75, 3.05) is 39.9 Å². The molecule has 0 atom stereocenters. The number of nitrogens with one attached hydrogen (secondary N) is 2. The van der Waals surface area contributed by atoms with Gasteiger partial charge in [0, 0.05) is 19.0 Å². The number of para-hydroxylation sites is 1. The van der Waals surface area contributed by atoms with Gasteiger partial charge < -0.3 is 24.6 Å². The molecular weight excluding hydrogens is 350 g/mol. The molecule has 1 heterocycles. The van der Waals surface area contributed by atoms with Crippen LogP contribution in [0.15, 0.2) is 34.5 Å². The van der Waals surface area contributed by atoms with Gasteiger partial charge in [0.2, 0.25) is 11.0 Å². The van der Waals surface area contributed by atoms with Crippen molar-refractivity contribution in [3.63, 3.8) is 0 Å². The van der Waals surface area contributed by atoms with Gasteiger partial charge in [-0.1, -0.05) is 18.2 Å². The molecule has 0 saturated heterocycles. The van der Waals surface area contributed by atoms with Crippen LogP contribution in [0.2, 0.25) is 0 Å². The number of nitrogens with zero attached hydrogens (tertiary/aromatic N) is 3. The summed E-state index contributed by atoms with van der Waals surface area (Å²) >= 11 is 5.14. The van der Waals surface area contributed by atoms with Crippen LogP contribution in [0.5, 0.6) is 5.88 Å². The SMILES string of the molecule is CC[NH+](CC)CCn1c(O)c(N=NC(=S)NCCOC)c2ccccc21. The van der Waals surface area contributed by atoms with E-state index in [0.29, 0.717) is 18.8 Å². The Hall–Kier alpha value is -2.03. The number of thiocarbonyl (C=S) groups is 1. The Labute approximate surface area is 159 Å². The minimum absolute atomic E-state index is 0.126. The van der Waals surface area contributed by atoms with Crippen molar-refractivity contribution < 1.29 is 14.7 Å². The van der Waals surface area contributed by atoms with Gasteiger partial charge in [0.05, 0.1) is 38.3 Å². The first-order chi connectivity index (χ1) is 12.6. The summed E-state index contributed by atoms with van der Waals surface area (Å²) < 4.78 is 6.86. The number of hydrogen-bond acceptors (Lipinski definition) is 4. The number of aromatic nitrogens is 1. The molecule has 0 spiro atoms. The molecule has 8 heteroatoms. The number of rotatable bonds is 9. The quantitative estimate of drug-likeness (QED) is 0.354. The van der Waals surface area contributed by atoms with E-state index in [1.54, 1.807) is 7.11 Å². The van der Waals surface area contributed by atoms with E-state index in [1.165, 1.54) is 4.90 Å². The van der Waals surface area contributed by atoms with Crippen LogP contribution in [0, 0.1) is 0 Å². The zero-order valence-electron chi connectivity index (χ0n) is 15.7. The summed E-state index contributed by atoms with van der Waals surface area (Å²) in [5.74, 6) is 0.126. The molecule has 3 N–H and O–H groups in total. The molecule has 0 aliphatic heterocycles.